The maximum absolute atomic E-state index is 9.83. The monoisotopic (exact) mass is 264 g/mol. The highest BCUT2D eigenvalue weighted by molar-refractivity contribution is 5.00. The topological polar surface area (TPSA) is 40.5 Å². The molecule has 2 heteroatoms. The first-order valence-electron chi connectivity index (χ1n) is 7.83. The fraction of sp³-hybridized carbons (Fsp3) is 0.765. The number of allylic oxidation sites excluding steroid dienone is 4. The standard InChI is InChI=1S/C17H28O2/c18-13-17(14-19,11-15-7-3-1-4-8-15)12-16-9-5-2-6-10-16/h3,5,7,9,15-16,18-19H,1-2,4,6,8,10-14H2/t15-,16-/m1/s1. The van der Waals surface area contributed by atoms with Crippen LogP contribution in [0.5, 0.6) is 0 Å². The predicted octanol–water partition coefficient (Wildman–Crippen LogP) is 3.45. The van der Waals surface area contributed by atoms with Crippen molar-refractivity contribution in [3.8, 4) is 0 Å². The van der Waals surface area contributed by atoms with E-state index in [9.17, 15) is 10.2 Å². The second-order valence-corrected chi connectivity index (χ2v) is 6.46. The third kappa shape index (κ3) is 4.19. The minimum absolute atomic E-state index is 0.109. The Kier molecular flexibility index (Phi) is 5.65. The minimum Gasteiger partial charge on any atom is -0.396 e. The molecule has 0 unspecified atom stereocenters. The van der Waals surface area contributed by atoms with Gasteiger partial charge in [-0.3, -0.25) is 0 Å². The Bertz CT molecular complexity index is 287. The van der Waals surface area contributed by atoms with Gasteiger partial charge in [-0.1, -0.05) is 24.3 Å². The molecule has 2 N–H and O–H groups in total. The van der Waals surface area contributed by atoms with Gasteiger partial charge < -0.3 is 10.2 Å². The first-order chi connectivity index (χ1) is 9.28. The molecule has 0 bridgehead atoms. The summed E-state index contributed by atoms with van der Waals surface area (Å²) in [4.78, 5) is 0. The van der Waals surface area contributed by atoms with E-state index in [4.69, 9.17) is 0 Å². The smallest absolute Gasteiger partial charge is 0.0509 e. The Morgan fingerprint density at radius 3 is 1.63 bits per heavy atom. The molecule has 0 radical (unpaired) electrons. The normalized spacial score (nSPS) is 27.7. The summed E-state index contributed by atoms with van der Waals surface area (Å²) in [5.41, 5.74) is -0.293. The summed E-state index contributed by atoms with van der Waals surface area (Å²) in [5.74, 6) is 1.08. The molecule has 0 aromatic carbocycles. The van der Waals surface area contributed by atoms with Gasteiger partial charge in [-0.2, -0.15) is 0 Å². The number of rotatable bonds is 6. The summed E-state index contributed by atoms with van der Waals surface area (Å²) < 4.78 is 0. The molecule has 2 nitrogen and oxygen atoms in total. The minimum atomic E-state index is -0.293. The van der Waals surface area contributed by atoms with Crippen molar-refractivity contribution < 1.29 is 10.2 Å². The van der Waals surface area contributed by atoms with Gasteiger partial charge in [0.2, 0.25) is 0 Å². The van der Waals surface area contributed by atoms with Gasteiger partial charge in [-0.05, 0) is 63.2 Å². The lowest BCUT2D eigenvalue weighted by Crippen LogP contribution is -2.34. The summed E-state index contributed by atoms with van der Waals surface area (Å²) in [6.45, 7) is 0.219. The van der Waals surface area contributed by atoms with Crippen molar-refractivity contribution in [3.63, 3.8) is 0 Å². The van der Waals surface area contributed by atoms with Crippen molar-refractivity contribution in [2.45, 2.75) is 51.4 Å². The quantitative estimate of drug-likeness (QED) is 0.721. The van der Waals surface area contributed by atoms with Gasteiger partial charge in [-0.25, -0.2) is 0 Å². The van der Waals surface area contributed by atoms with Gasteiger partial charge in [0.25, 0.3) is 0 Å². The SMILES string of the molecule is OCC(CO)(C[C@@H]1C=CCCC1)C[C@@H]1C=CCCC1. The molecule has 0 spiro atoms. The van der Waals surface area contributed by atoms with E-state index in [-0.39, 0.29) is 18.6 Å². The molecule has 2 rings (SSSR count). The van der Waals surface area contributed by atoms with E-state index in [1.54, 1.807) is 0 Å². The Hall–Kier alpha value is -0.600. The highest BCUT2D eigenvalue weighted by Gasteiger charge is 2.33. The van der Waals surface area contributed by atoms with E-state index in [0.717, 1.165) is 12.8 Å². The molecule has 0 saturated carbocycles. The Morgan fingerprint density at radius 1 is 0.842 bits per heavy atom. The lowest BCUT2D eigenvalue weighted by Gasteiger charge is -2.36. The fourth-order valence-corrected chi connectivity index (χ4v) is 3.61. The molecule has 2 atom stereocenters. The maximum Gasteiger partial charge on any atom is 0.0509 e. The second kappa shape index (κ2) is 7.25. The number of aliphatic hydroxyl groups is 2. The predicted molar refractivity (Wildman–Crippen MR) is 78.8 cm³/mol. The summed E-state index contributed by atoms with van der Waals surface area (Å²) >= 11 is 0. The number of hydrogen-bond donors (Lipinski definition) is 2. The van der Waals surface area contributed by atoms with Crippen LogP contribution in [0.25, 0.3) is 0 Å². The molecule has 0 fully saturated rings. The van der Waals surface area contributed by atoms with Gasteiger partial charge in [0, 0.05) is 5.41 Å². The van der Waals surface area contributed by atoms with E-state index < -0.39 is 0 Å². The zero-order valence-corrected chi connectivity index (χ0v) is 11.9. The number of aliphatic hydroxyl groups excluding tert-OH is 2. The molecular weight excluding hydrogens is 236 g/mol. The Balaban J connectivity index is 1.98. The molecule has 0 amide bonds. The van der Waals surface area contributed by atoms with Gasteiger partial charge in [0.15, 0.2) is 0 Å². The van der Waals surface area contributed by atoms with Crippen molar-refractivity contribution in [2.24, 2.45) is 17.3 Å². The van der Waals surface area contributed by atoms with E-state index >= 15 is 0 Å². The van der Waals surface area contributed by atoms with E-state index in [0.29, 0.717) is 11.8 Å². The zero-order valence-electron chi connectivity index (χ0n) is 11.9. The van der Waals surface area contributed by atoms with Crippen LogP contribution in [0.2, 0.25) is 0 Å². The Labute approximate surface area is 117 Å². The lowest BCUT2D eigenvalue weighted by molar-refractivity contribution is 0.0192. The summed E-state index contributed by atoms with van der Waals surface area (Å²) in [6, 6.07) is 0. The van der Waals surface area contributed by atoms with Gasteiger partial charge >= 0.3 is 0 Å². The van der Waals surface area contributed by atoms with Crippen molar-refractivity contribution in [1.29, 1.82) is 0 Å². The number of hydrogen-bond acceptors (Lipinski definition) is 2. The van der Waals surface area contributed by atoms with Gasteiger partial charge in [0.05, 0.1) is 13.2 Å². The van der Waals surface area contributed by atoms with Crippen LogP contribution in [0.3, 0.4) is 0 Å². The molecule has 2 aliphatic rings. The third-order valence-corrected chi connectivity index (χ3v) is 4.77. The first kappa shape index (κ1) is 14.8. The molecule has 0 aromatic heterocycles. The van der Waals surface area contributed by atoms with Crippen molar-refractivity contribution in [3.05, 3.63) is 24.3 Å². The third-order valence-electron chi connectivity index (χ3n) is 4.77. The van der Waals surface area contributed by atoms with E-state index in [1.165, 1.54) is 38.5 Å². The van der Waals surface area contributed by atoms with Crippen LogP contribution in [0.4, 0.5) is 0 Å². The van der Waals surface area contributed by atoms with Crippen LogP contribution in [0.1, 0.15) is 51.4 Å². The molecule has 0 aliphatic heterocycles. The maximum atomic E-state index is 9.83. The van der Waals surface area contributed by atoms with Crippen LogP contribution >= 0.6 is 0 Å². The van der Waals surface area contributed by atoms with Crippen molar-refractivity contribution >= 4 is 0 Å². The second-order valence-electron chi connectivity index (χ2n) is 6.46. The summed E-state index contributed by atoms with van der Waals surface area (Å²) in [7, 11) is 0. The van der Waals surface area contributed by atoms with Crippen molar-refractivity contribution in [2.75, 3.05) is 13.2 Å². The molecular formula is C17H28O2. The zero-order chi connectivity index (χ0) is 13.6. The molecule has 0 aromatic rings. The van der Waals surface area contributed by atoms with Crippen LogP contribution in [0.15, 0.2) is 24.3 Å². The first-order valence-corrected chi connectivity index (χ1v) is 7.83. The fourth-order valence-electron chi connectivity index (χ4n) is 3.61. The molecule has 2 aliphatic carbocycles. The lowest BCUT2D eigenvalue weighted by atomic mass is 9.71. The molecule has 0 saturated heterocycles. The van der Waals surface area contributed by atoms with Crippen molar-refractivity contribution in [1.82, 2.24) is 0 Å². The average molecular weight is 264 g/mol. The van der Waals surface area contributed by atoms with Gasteiger partial charge in [-0.15, -0.1) is 0 Å². The average Bonchev–Trinajstić information content (AvgIpc) is 2.48. The van der Waals surface area contributed by atoms with Crippen LogP contribution in [-0.2, 0) is 0 Å². The largest absolute Gasteiger partial charge is 0.396 e. The van der Waals surface area contributed by atoms with E-state index in [2.05, 4.69) is 24.3 Å². The highest BCUT2D eigenvalue weighted by atomic mass is 16.3. The Morgan fingerprint density at radius 2 is 1.32 bits per heavy atom. The highest BCUT2D eigenvalue weighted by Crippen LogP contribution is 2.38. The molecule has 108 valence electrons. The van der Waals surface area contributed by atoms with Crippen LogP contribution in [-0.4, -0.2) is 23.4 Å². The molecule has 19 heavy (non-hydrogen) atoms. The summed E-state index contributed by atoms with van der Waals surface area (Å²) in [5, 5.41) is 19.7. The van der Waals surface area contributed by atoms with Crippen LogP contribution < -0.4 is 0 Å². The van der Waals surface area contributed by atoms with E-state index in [1.807, 2.05) is 0 Å². The van der Waals surface area contributed by atoms with Crippen LogP contribution in [0, 0.1) is 17.3 Å². The van der Waals surface area contributed by atoms with Gasteiger partial charge in [0.1, 0.15) is 0 Å². The summed E-state index contributed by atoms with van der Waals surface area (Å²) in [6.07, 6.45) is 18.2. The molecule has 0 heterocycles.